The van der Waals surface area contributed by atoms with Crippen LogP contribution in [0.4, 0.5) is 0 Å². The van der Waals surface area contributed by atoms with E-state index >= 15 is 0 Å². The van der Waals surface area contributed by atoms with Crippen LogP contribution < -0.4 is 15.8 Å². The number of nitrogens with two attached hydrogens (primary N) is 1. The molecule has 56 heavy (non-hydrogen) atoms. The van der Waals surface area contributed by atoms with E-state index in [1.165, 1.54) is 89.4 Å². The quantitative estimate of drug-likeness (QED) is 0.0385. The van der Waals surface area contributed by atoms with Crippen LogP contribution in [0.15, 0.2) is 46.6 Å². The van der Waals surface area contributed by atoms with E-state index < -0.39 is 12.2 Å². The van der Waals surface area contributed by atoms with Crippen LogP contribution in [0.1, 0.15) is 135 Å². The van der Waals surface area contributed by atoms with E-state index in [-0.39, 0.29) is 25.1 Å². The summed E-state index contributed by atoms with van der Waals surface area (Å²) in [4.78, 5) is 5.14. The van der Waals surface area contributed by atoms with E-state index in [1.807, 2.05) is 19.1 Å². The first-order valence-electron chi connectivity index (χ1n) is 22.5. The SMILES string of the molecule is CCCCCC(CCN)CCCCC1[OH+][C-](CCc2ccc(O)c(OCC(O)C3=C[C+]4C(=N3)CC3(CCCC3)C3CCCC3C4CNCC(C)O)c2)C=C1CO. The van der Waals surface area contributed by atoms with Crippen molar-refractivity contribution in [3.63, 3.8) is 0 Å². The maximum Gasteiger partial charge on any atom is 0.208 e. The molecule has 0 bridgehead atoms. The number of allylic oxidation sites excluding steroid dienone is 1. The summed E-state index contributed by atoms with van der Waals surface area (Å²) in [7, 11) is 0. The summed E-state index contributed by atoms with van der Waals surface area (Å²) in [6.07, 6.45) is 26.1. The summed E-state index contributed by atoms with van der Waals surface area (Å²) in [5, 5.41) is 45.8. The Morgan fingerprint density at radius 1 is 1.09 bits per heavy atom. The summed E-state index contributed by atoms with van der Waals surface area (Å²) in [5.74, 6) is 4.02. The van der Waals surface area contributed by atoms with Gasteiger partial charge in [-0.25, -0.2) is 0 Å². The number of hydrogen-bond donors (Lipinski definition) is 6. The minimum atomic E-state index is -0.922. The lowest BCUT2D eigenvalue weighted by Crippen LogP contribution is -2.38. The molecule has 312 valence electrons. The number of phenols is 1. The zero-order valence-electron chi connectivity index (χ0n) is 34.6. The molecule has 1 aromatic carbocycles. The van der Waals surface area contributed by atoms with E-state index in [4.69, 9.17) is 20.2 Å². The molecule has 0 aromatic heterocycles. The Balaban J connectivity index is 1.01. The standard InChI is InChI=1S/C47H73N3O6/c1-3-4-5-11-33(20-23-48)12-6-7-15-45-35(30-51)25-36(56-45)18-16-34-17-19-43(53)46(24-34)55-31-44(54)41-26-38-39(29-49-28-32(2)52)37-13-10-14-40(37)47(21-8-9-22-47)27-42(38)50-41/h17,19,24-26,32-33,37,39-40,44-45,49,51-52,54,56H,3-16,18,20-23,27-31,48H2,1-2H3/p+1. The van der Waals surface area contributed by atoms with Gasteiger partial charge in [0.15, 0.2) is 17.6 Å². The average Bonchev–Trinajstić information content (AvgIpc) is 4.01. The first-order chi connectivity index (χ1) is 27.2. The Labute approximate surface area is 337 Å². The van der Waals surface area contributed by atoms with E-state index in [1.54, 1.807) is 6.07 Å². The molecule has 7 unspecified atom stereocenters. The zero-order valence-corrected chi connectivity index (χ0v) is 34.6. The number of benzene rings is 1. The Bertz CT molecular complexity index is 1470. The summed E-state index contributed by atoms with van der Waals surface area (Å²) in [5.41, 5.74) is 10.0. The molecule has 2 aliphatic heterocycles. The molecule has 9 heteroatoms. The normalized spacial score (nSPS) is 25.8. The van der Waals surface area contributed by atoms with Gasteiger partial charge in [-0.2, -0.15) is 0 Å². The van der Waals surface area contributed by atoms with Crippen molar-refractivity contribution >= 4 is 5.71 Å². The van der Waals surface area contributed by atoms with Crippen LogP contribution in [0.2, 0.25) is 0 Å². The van der Waals surface area contributed by atoms with Gasteiger partial charge in [-0.1, -0.05) is 70.8 Å². The summed E-state index contributed by atoms with van der Waals surface area (Å²) in [6.45, 7) is 6.26. The van der Waals surface area contributed by atoms with Gasteiger partial charge in [0.05, 0.1) is 18.1 Å². The topological polar surface area (TPSA) is 153 Å². The molecule has 6 rings (SSSR count). The lowest BCUT2D eigenvalue weighted by Gasteiger charge is -2.37. The van der Waals surface area contributed by atoms with Gasteiger partial charge in [0.1, 0.15) is 30.4 Å². The lowest BCUT2D eigenvalue weighted by molar-refractivity contribution is -0.0553. The molecule has 9 nitrogen and oxygen atoms in total. The molecular weight excluding hydrogens is 703 g/mol. The summed E-state index contributed by atoms with van der Waals surface area (Å²) < 4.78 is 11.1. The molecule has 0 amide bonds. The zero-order chi connectivity index (χ0) is 39.5. The van der Waals surface area contributed by atoms with Crippen LogP contribution in [0.3, 0.4) is 0 Å². The predicted octanol–water partition coefficient (Wildman–Crippen LogP) is 7.41. The molecule has 0 radical (unpaired) electrons. The van der Waals surface area contributed by atoms with Crippen LogP contribution >= 0.6 is 0 Å². The van der Waals surface area contributed by atoms with Crippen LogP contribution in [-0.4, -0.2) is 82.0 Å². The Morgan fingerprint density at radius 2 is 1.89 bits per heavy atom. The van der Waals surface area contributed by atoms with Crippen LogP contribution in [0, 0.1) is 41.1 Å². The monoisotopic (exact) mass is 777 g/mol. The predicted molar refractivity (Wildman–Crippen MR) is 225 cm³/mol. The van der Waals surface area contributed by atoms with Crippen LogP contribution in [0.25, 0.3) is 0 Å². The van der Waals surface area contributed by atoms with Gasteiger partial charge < -0.3 is 41.0 Å². The van der Waals surface area contributed by atoms with Crippen molar-refractivity contribution < 1.29 is 29.9 Å². The highest BCUT2D eigenvalue weighted by molar-refractivity contribution is 6.03. The number of rotatable bonds is 23. The first-order valence-corrected chi connectivity index (χ1v) is 22.5. The number of hydrogen-bond acceptors (Lipinski definition) is 8. The number of aliphatic hydroxyl groups is 5. The Kier molecular flexibility index (Phi) is 16.1. The minimum Gasteiger partial charge on any atom is -0.504 e. The third-order valence-corrected chi connectivity index (χ3v) is 13.9. The molecule has 1 spiro atoms. The fourth-order valence-electron chi connectivity index (χ4n) is 11.0. The molecule has 1 aromatic rings. The number of aliphatic imine (C=N–C) groups is 1. The second-order valence-corrected chi connectivity index (χ2v) is 18.0. The van der Waals surface area contributed by atoms with Crippen molar-refractivity contribution in [3.8, 4) is 11.5 Å². The van der Waals surface area contributed by atoms with Gasteiger partial charge in [-0.3, -0.25) is 0 Å². The van der Waals surface area contributed by atoms with Crippen molar-refractivity contribution in [2.75, 3.05) is 32.8 Å². The van der Waals surface area contributed by atoms with E-state index in [2.05, 4.69) is 24.4 Å². The van der Waals surface area contributed by atoms with Crippen molar-refractivity contribution in [2.45, 2.75) is 154 Å². The van der Waals surface area contributed by atoms with Crippen molar-refractivity contribution in [1.82, 2.24) is 5.32 Å². The number of nitrogens with one attached hydrogen (secondary N) is 1. The fraction of sp³-hybridized carbons (Fsp3) is 0.723. The van der Waals surface area contributed by atoms with Crippen molar-refractivity contribution in [2.24, 2.45) is 39.8 Å². The third-order valence-electron chi connectivity index (χ3n) is 13.9. The van der Waals surface area contributed by atoms with Crippen molar-refractivity contribution in [1.29, 1.82) is 0 Å². The molecule has 2 heterocycles. The van der Waals surface area contributed by atoms with Gasteiger partial charge in [-0.05, 0) is 106 Å². The van der Waals surface area contributed by atoms with Gasteiger partial charge in [0.2, 0.25) is 5.70 Å². The Morgan fingerprint density at radius 3 is 2.64 bits per heavy atom. The average molecular weight is 777 g/mol. The highest BCUT2D eigenvalue weighted by Crippen LogP contribution is 2.61. The summed E-state index contributed by atoms with van der Waals surface area (Å²) in [6, 6.07) is 5.45. The van der Waals surface area contributed by atoms with E-state index in [0.29, 0.717) is 41.2 Å². The molecule has 5 aliphatic rings. The number of aromatic hydroxyl groups is 1. The number of phenolic OH excluding ortho intramolecular Hbond substituents is 1. The number of ether oxygens (including phenoxy) is 2. The molecule has 0 saturated heterocycles. The van der Waals surface area contributed by atoms with E-state index in [0.717, 1.165) is 80.5 Å². The second kappa shape index (κ2) is 20.9. The molecular formula is C47H74N3O6+. The molecule has 8 N–H and O–H groups in total. The van der Waals surface area contributed by atoms with Crippen molar-refractivity contribution in [3.05, 3.63) is 59.2 Å². The maximum atomic E-state index is 11.5. The number of fused-ring (bicyclic) bond motifs is 3. The first kappa shape index (κ1) is 43.1. The molecule has 3 saturated carbocycles. The van der Waals surface area contributed by atoms with Gasteiger partial charge in [0, 0.05) is 32.5 Å². The number of aryl methyl sites for hydroxylation is 1. The molecule has 7 atom stereocenters. The second-order valence-electron chi connectivity index (χ2n) is 18.0. The van der Waals surface area contributed by atoms with Gasteiger partial charge >= 0.3 is 0 Å². The molecule has 3 fully saturated rings. The number of aliphatic hydroxyl groups excluding tert-OH is 3. The fourth-order valence-corrected chi connectivity index (χ4v) is 11.0. The lowest BCUT2D eigenvalue weighted by atomic mass is 9.66. The summed E-state index contributed by atoms with van der Waals surface area (Å²) >= 11 is 0. The number of nitrogens with zero attached hydrogens (tertiary/aromatic N) is 1. The smallest absolute Gasteiger partial charge is 0.208 e. The Hall–Kier alpha value is -2.53. The van der Waals surface area contributed by atoms with Crippen LogP contribution in [-0.2, 0) is 6.42 Å². The molecule has 3 aliphatic carbocycles. The highest BCUT2D eigenvalue weighted by Gasteiger charge is 2.58. The van der Waals surface area contributed by atoms with Crippen LogP contribution in [0.5, 0.6) is 11.5 Å². The largest absolute Gasteiger partial charge is 0.504 e. The van der Waals surface area contributed by atoms with Gasteiger partial charge in [-0.15, -0.1) is 16.6 Å². The third kappa shape index (κ3) is 10.9. The maximum absolute atomic E-state index is 11.5. The van der Waals surface area contributed by atoms with E-state index in [9.17, 15) is 20.4 Å². The van der Waals surface area contributed by atoms with Gasteiger partial charge in [0.25, 0.3) is 0 Å². The minimum absolute atomic E-state index is 0.00224. The number of unbranched alkanes of at least 4 members (excludes halogenated alkanes) is 3. The highest BCUT2D eigenvalue weighted by atomic mass is 16.5.